The van der Waals surface area contributed by atoms with E-state index in [1.165, 1.54) is 7.11 Å². The number of esters is 1. The predicted molar refractivity (Wildman–Crippen MR) is 97.2 cm³/mol. The largest absolute Gasteiger partial charge is 0.495 e. The quantitative estimate of drug-likeness (QED) is 0.797. The first-order valence-corrected chi connectivity index (χ1v) is 8.12. The number of amides is 1. The van der Waals surface area contributed by atoms with Gasteiger partial charge < -0.3 is 14.8 Å². The van der Waals surface area contributed by atoms with Gasteiger partial charge in [-0.2, -0.15) is 0 Å². The number of benzene rings is 2. The number of carbonyl (C=O) groups is 2. The molecule has 0 saturated heterocycles. The number of hydrogen-bond donors (Lipinski definition) is 1. The molecule has 0 heterocycles. The molecule has 0 aliphatic rings. The molecule has 0 atom stereocenters. The second-order valence-corrected chi connectivity index (χ2v) is 6.09. The molecular weight excluding hydrogens is 342 g/mol. The average molecular weight is 362 g/mol. The van der Waals surface area contributed by atoms with Crippen LogP contribution in [0.15, 0.2) is 36.4 Å². The summed E-state index contributed by atoms with van der Waals surface area (Å²) in [5.41, 5.74) is 3.54. The Balaban J connectivity index is 1.88. The molecule has 6 heteroatoms. The van der Waals surface area contributed by atoms with Gasteiger partial charge in [-0.15, -0.1) is 0 Å². The summed E-state index contributed by atoms with van der Waals surface area (Å²) in [5, 5.41) is 3.07. The standard InChI is InChI=1S/C19H20ClNO4/c1-12-4-5-14(8-13(12)2)9-19(23)25-11-18(22)21-16-10-15(20)6-7-17(16)24-3/h4-8,10H,9,11H2,1-3H3,(H,21,22). The van der Waals surface area contributed by atoms with E-state index in [2.05, 4.69) is 5.32 Å². The number of rotatable bonds is 6. The van der Waals surface area contributed by atoms with Crippen LogP contribution in [-0.2, 0) is 20.7 Å². The zero-order chi connectivity index (χ0) is 18.4. The third-order valence-electron chi connectivity index (χ3n) is 3.72. The summed E-state index contributed by atoms with van der Waals surface area (Å²) in [6, 6.07) is 10.6. The maximum atomic E-state index is 12.0. The van der Waals surface area contributed by atoms with Crippen LogP contribution in [0.4, 0.5) is 5.69 Å². The summed E-state index contributed by atoms with van der Waals surface area (Å²) in [7, 11) is 1.49. The van der Waals surface area contributed by atoms with Crippen molar-refractivity contribution in [3.63, 3.8) is 0 Å². The Hall–Kier alpha value is -2.53. The van der Waals surface area contributed by atoms with Gasteiger partial charge in [0.05, 0.1) is 19.2 Å². The van der Waals surface area contributed by atoms with Crippen molar-refractivity contribution in [2.75, 3.05) is 19.0 Å². The number of aryl methyl sites for hydroxylation is 2. The lowest BCUT2D eigenvalue weighted by Crippen LogP contribution is -2.22. The van der Waals surface area contributed by atoms with Crippen LogP contribution in [0, 0.1) is 13.8 Å². The molecule has 1 amide bonds. The lowest BCUT2D eigenvalue weighted by molar-refractivity contribution is -0.146. The summed E-state index contributed by atoms with van der Waals surface area (Å²) in [5.74, 6) is -0.454. The highest BCUT2D eigenvalue weighted by Crippen LogP contribution is 2.27. The molecule has 0 bridgehead atoms. The highest BCUT2D eigenvalue weighted by atomic mass is 35.5. The third kappa shape index (κ3) is 5.50. The molecular formula is C19H20ClNO4. The minimum Gasteiger partial charge on any atom is -0.495 e. The van der Waals surface area contributed by atoms with Crippen molar-refractivity contribution in [1.82, 2.24) is 0 Å². The maximum absolute atomic E-state index is 12.0. The molecule has 0 aliphatic heterocycles. The van der Waals surface area contributed by atoms with Gasteiger partial charge in [-0.3, -0.25) is 9.59 Å². The van der Waals surface area contributed by atoms with E-state index < -0.39 is 11.9 Å². The topological polar surface area (TPSA) is 64.6 Å². The summed E-state index contributed by atoms with van der Waals surface area (Å²) in [6.07, 6.45) is 0.120. The van der Waals surface area contributed by atoms with Crippen LogP contribution in [0.2, 0.25) is 5.02 Å². The van der Waals surface area contributed by atoms with Crippen molar-refractivity contribution in [3.05, 3.63) is 58.1 Å². The molecule has 1 N–H and O–H groups in total. The van der Waals surface area contributed by atoms with Crippen LogP contribution in [0.1, 0.15) is 16.7 Å². The molecule has 132 valence electrons. The second-order valence-electron chi connectivity index (χ2n) is 5.65. The summed E-state index contributed by atoms with van der Waals surface area (Å²) >= 11 is 5.91. The summed E-state index contributed by atoms with van der Waals surface area (Å²) in [6.45, 7) is 3.61. The number of methoxy groups -OCH3 is 1. The van der Waals surface area contributed by atoms with Crippen molar-refractivity contribution in [2.45, 2.75) is 20.3 Å². The Labute approximate surface area is 151 Å². The van der Waals surface area contributed by atoms with Crippen molar-refractivity contribution in [3.8, 4) is 5.75 Å². The number of anilines is 1. The first-order chi connectivity index (χ1) is 11.9. The van der Waals surface area contributed by atoms with E-state index in [1.54, 1.807) is 18.2 Å². The van der Waals surface area contributed by atoms with Crippen molar-refractivity contribution >= 4 is 29.2 Å². The molecule has 2 aromatic rings. The summed E-state index contributed by atoms with van der Waals surface area (Å²) < 4.78 is 10.2. The lowest BCUT2D eigenvalue weighted by atomic mass is 10.0. The highest BCUT2D eigenvalue weighted by Gasteiger charge is 2.12. The second kappa shape index (κ2) is 8.53. The smallest absolute Gasteiger partial charge is 0.310 e. The number of nitrogens with one attached hydrogen (secondary N) is 1. The first-order valence-electron chi connectivity index (χ1n) is 7.74. The van der Waals surface area contributed by atoms with Crippen molar-refractivity contribution in [1.29, 1.82) is 0 Å². The van der Waals surface area contributed by atoms with Gasteiger partial charge in [0.1, 0.15) is 5.75 Å². The summed E-state index contributed by atoms with van der Waals surface area (Å²) in [4.78, 5) is 23.9. The van der Waals surface area contributed by atoms with Gasteiger partial charge in [-0.1, -0.05) is 29.8 Å². The van der Waals surface area contributed by atoms with Gasteiger partial charge in [-0.25, -0.2) is 0 Å². The number of halogens is 1. The van der Waals surface area contributed by atoms with Gasteiger partial charge >= 0.3 is 5.97 Å². The van der Waals surface area contributed by atoms with E-state index in [0.29, 0.717) is 16.5 Å². The molecule has 0 saturated carbocycles. The third-order valence-corrected chi connectivity index (χ3v) is 3.95. The van der Waals surface area contributed by atoms with Gasteiger partial charge in [0, 0.05) is 5.02 Å². The Morgan fingerprint density at radius 1 is 1.08 bits per heavy atom. The molecule has 2 aromatic carbocycles. The van der Waals surface area contributed by atoms with Crippen molar-refractivity contribution < 1.29 is 19.1 Å². The van der Waals surface area contributed by atoms with E-state index in [0.717, 1.165) is 16.7 Å². The first kappa shape index (κ1) is 18.8. The van der Waals surface area contributed by atoms with Gasteiger partial charge in [-0.05, 0) is 48.7 Å². The van der Waals surface area contributed by atoms with Crippen LogP contribution >= 0.6 is 11.6 Å². The fourth-order valence-corrected chi connectivity index (χ4v) is 2.41. The minimum atomic E-state index is -0.464. The normalized spacial score (nSPS) is 10.2. The van der Waals surface area contributed by atoms with Crippen LogP contribution in [0.3, 0.4) is 0 Å². The molecule has 0 spiro atoms. The zero-order valence-corrected chi connectivity index (χ0v) is 15.1. The fourth-order valence-electron chi connectivity index (χ4n) is 2.24. The molecule has 5 nitrogen and oxygen atoms in total. The predicted octanol–water partition coefficient (Wildman–Crippen LogP) is 3.69. The van der Waals surface area contributed by atoms with Gasteiger partial charge in [0.2, 0.25) is 0 Å². The number of hydrogen-bond acceptors (Lipinski definition) is 4. The molecule has 0 radical (unpaired) electrons. The van der Waals surface area contributed by atoms with Crippen molar-refractivity contribution in [2.24, 2.45) is 0 Å². The van der Waals surface area contributed by atoms with E-state index in [9.17, 15) is 9.59 Å². The highest BCUT2D eigenvalue weighted by molar-refractivity contribution is 6.31. The lowest BCUT2D eigenvalue weighted by Gasteiger charge is -2.11. The SMILES string of the molecule is COc1ccc(Cl)cc1NC(=O)COC(=O)Cc1ccc(C)c(C)c1. The molecule has 0 unspecified atom stereocenters. The van der Waals surface area contributed by atoms with E-state index in [-0.39, 0.29) is 13.0 Å². The monoisotopic (exact) mass is 361 g/mol. The molecule has 0 aromatic heterocycles. The Morgan fingerprint density at radius 2 is 1.84 bits per heavy atom. The van der Waals surface area contributed by atoms with E-state index in [4.69, 9.17) is 21.1 Å². The number of carbonyl (C=O) groups excluding carboxylic acids is 2. The molecule has 2 rings (SSSR count). The van der Waals surface area contributed by atoms with Crippen LogP contribution in [0.25, 0.3) is 0 Å². The maximum Gasteiger partial charge on any atom is 0.310 e. The van der Waals surface area contributed by atoms with E-state index >= 15 is 0 Å². The molecule has 0 fully saturated rings. The Morgan fingerprint density at radius 3 is 2.52 bits per heavy atom. The number of ether oxygens (including phenoxy) is 2. The fraction of sp³-hybridized carbons (Fsp3) is 0.263. The van der Waals surface area contributed by atoms with Gasteiger partial charge in [0.25, 0.3) is 5.91 Å². The minimum absolute atomic E-state index is 0.120. The zero-order valence-electron chi connectivity index (χ0n) is 14.4. The molecule has 25 heavy (non-hydrogen) atoms. The van der Waals surface area contributed by atoms with E-state index in [1.807, 2.05) is 32.0 Å². The van der Waals surface area contributed by atoms with Crippen LogP contribution in [-0.4, -0.2) is 25.6 Å². The van der Waals surface area contributed by atoms with Gasteiger partial charge in [0.15, 0.2) is 6.61 Å². The molecule has 0 aliphatic carbocycles. The van der Waals surface area contributed by atoms with Crippen LogP contribution in [0.5, 0.6) is 5.75 Å². The van der Waals surface area contributed by atoms with Crippen LogP contribution < -0.4 is 10.1 Å². The Kier molecular flexibility index (Phi) is 6.42. The Bertz CT molecular complexity index is 789. The average Bonchev–Trinajstić information content (AvgIpc) is 2.57.